The second-order valence-corrected chi connectivity index (χ2v) is 5.32. The van der Waals surface area contributed by atoms with Gasteiger partial charge in [0.15, 0.2) is 0 Å². The van der Waals surface area contributed by atoms with Gasteiger partial charge in [0.05, 0.1) is 6.61 Å². The molecule has 0 aliphatic heterocycles. The summed E-state index contributed by atoms with van der Waals surface area (Å²) in [5, 5.41) is 12.8. The summed E-state index contributed by atoms with van der Waals surface area (Å²) in [6.45, 7) is 5.39. The van der Waals surface area contributed by atoms with E-state index < -0.39 is 0 Å². The SMILES string of the molecule is CCNC(CSC(C)CO)c1ccccc1. The van der Waals surface area contributed by atoms with Crippen LogP contribution in [0.2, 0.25) is 0 Å². The highest BCUT2D eigenvalue weighted by Gasteiger charge is 2.11. The summed E-state index contributed by atoms with van der Waals surface area (Å²) < 4.78 is 0. The lowest BCUT2D eigenvalue weighted by Crippen LogP contribution is -2.24. The molecule has 0 saturated heterocycles. The molecule has 0 bridgehead atoms. The fourth-order valence-corrected chi connectivity index (χ4v) is 2.45. The number of aliphatic hydroxyl groups excluding tert-OH is 1. The third kappa shape index (κ3) is 4.56. The first-order valence-electron chi connectivity index (χ1n) is 5.78. The van der Waals surface area contributed by atoms with E-state index in [2.05, 4.69) is 43.4 Å². The van der Waals surface area contributed by atoms with Gasteiger partial charge in [-0.3, -0.25) is 0 Å². The summed E-state index contributed by atoms with van der Waals surface area (Å²) >= 11 is 1.81. The van der Waals surface area contributed by atoms with Crippen LogP contribution in [0.15, 0.2) is 30.3 Å². The summed E-state index contributed by atoms with van der Waals surface area (Å²) in [5.74, 6) is 1.000. The Kier molecular flexibility index (Phi) is 6.53. The lowest BCUT2D eigenvalue weighted by molar-refractivity contribution is 0.300. The van der Waals surface area contributed by atoms with E-state index in [-0.39, 0.29) is 6.61 Å². The molecule has 0 heterocycles. The van der Waals surface area contributed by atoms with Gasteiger partial charge in [-0.15, -0.1) is 0 Å². The van der Waals surface area contributed by atoms with Gasteiger partial charge in [0.1, 0.15) is 0 Å². The van der Waals surface area contributed by atoms with E-state index in [0.29, 0.717) is 11.3 Å². The maximum absolute atomic E-state index is 9.01. The predicted molar refractivity (Wildman–Crippen MR) is 71.9 cm³/mol. The molecule has 0 saturated carbocycles. The van der Waals surface area contributed by atoms with Crippen molar-refractivity contribution in [1.82, 2.24) is 5.32 Å². The molecule has 2 N–H and O–H groups in total. The Morgan fingerprint density at radius 2 is 2.00 bits per heavy atom. The summed E-state index contributed by atoms with van der Waals surface area (Å²) in [5.41, 5.74) is 1.32. The summed E-state index contributed by atoms with van der Waals surface area (Å²) in [4.78, 5) is 0. The van der Waals surface area contributed by atoms with Crippen LogP contribution in [0.5, 0.6) is 0 Å². The molecular formula is C13H21NOS. The number of hydrogen-bond acceptors (Lipinski definition) is 3. The van der Waals surface area contributed by atoms with Crippen molar-refractivity contribution in [2.75, 3.05) is 18.9 Å². The molecule has 0 aliphatic carbocycles. The molecule has 0 radical (unpaired) electrons. The largest absolute Gasteiger partial charge is 0.395 e. The minimum atomic E-state index is 0.248. The quantitative estimate of drug-likeness (QED) is 0.766. The smallest absolute Gasteiger partial charge is 0.0547 e. The molecule has 0 aliphatic rings. The number of thioether (sulfide) groups is 1. The summed E-state index contributed by atoms with van der Waals surface area (Å²) in [7, 11) is 0. The Balaban J connectivity index is 2.54. The van der Waals surface area contributed by atoms with Gasteiger partial charge in [0.25, 0.3) is 0 Å². The Hall–Kier alpha value is -0.510. The molecule has 2 unspecified atom stereocenters. The number of aliphatic hydroxyl groups is 1. The monoisotopic (exact) mass is 239 g/mol. The van der Waals surface area contributed by atoms with Gasteiger partial charge in [0.2, 0.25) is 0 Å². The topological polar surface area (TPSA) is 32.3 Å². The molecule has 0 aromatic heterocycles. The molecule has 3 heteroatoms. The van der Waals surface area contributed by atoms with Crippen molar-refractivity contribution >= 4 is 11.8 Å². The van der Waals surface area contributed by atoms with E-state index in [0.717, 1.165) is 12.3 Å². The Morgan fingerprint density at radius 1 is 1.31 bits per heavy atom. The van der Waals surface area contributed by atoms with Crippen LogP contribution in [0.25, 0.3) is 0 Å². The third-order valence-corrected chi connectivity index (χ3v) is 3.70. The zero-order chi connectivity index (χ0) is 11.8. The van der Waals surface area contributed by atoms with Crippen LogP contribution in [0, 0.1) is 0 Å². The van der Waals surface area contributed by atoms with E-state index in [1.807, 2.05) is 6.07 Å². The molecule has 1 rings (SSSR count). The molecule has 0 spiro atoms. The Morgan fingerprint density at radius 3 is 2.56 bits per heavy atom. The van der Waals surface area contributed by atoms with Crippen LogP contribution in [0.4, 0.5) is 0 Å². The van der Waals surface area contributed by atoms with Crippen LogP contribution in [-0.2, 0) is 0 Å². The van der Waals surface area contributed by atoms with Crippen molar-refractivity contribution in [2.45, 2.75) is 25.1 Å². The van der Waals surface area contributed by atoms with Crippen molar-refractivity contribution in [3.05, 3.63) is 35.9 Å². The molecule has 1 aromatic rings. The highest BCUT2D eigenvalue weighted by Crippen LogP contribution is 2.20. The maximum atomic E-state index is 9.01. The zero-order valence-corrected chi connectivity index (χ0v) is 10.8. The zero-order valence-electron chi connectivity index (χ0n) is 10.0. The molecule has 0 amide bonds. The fraction of sp³-hybridized carbons (Fsp3) is 0.538. The van der Waals surface area contributed by atoms with Gasteiger partial charge in [-0.25, -0.2) is 0 Å². The fourth-order valence-electron chi connectivity index (χ4n) is 1.52. The van der Waals surface area contributed by atoms with Crippen LogP contribution < -0.4 is 5.32 Å². The van der Waals surface area contributed by atoms with Crippen LogP contribution in [-0.4, -0.2) is 29.3 Å². The standard InChI is InChI=1S/C13H21NOS/c1-3-14-13(10-16-11(2)9-15)12-7-5-4-6-8-12/h4-8,11,13-15H,3,9-10H2,1-2H3. The van der Waals surface area contributed by atoms with Crippen molar-refractivity contribution in [1.29, 1.82) is 0 Å². The Labute approximate surface area is 102 Å². The highest BCUT2D eigenvalue weighted by molar-refractivity contribution is 7.99. The summed E-state index contributed by atoms with van der Waals surface area (Å²) in [6.07, 6.45) is 0. The van der Waals surface area contributed by atoms with Crippen LogP contribution >= 0.6 is 11.8 Å². The van der Waals surface area contributed by atoms with Crippen molar-refractivity contribution < 1.29 is 5.11 Å². The average molecular weight is 239 g/mol. The number of rotatable bonds is 7. The Bertz CT molecular complexity index is 279. The second kappa shape index (κ2) is 7.71. The first kappa shape index (κ1) is 13.6. The highest BCUT2D eigenvalue weighted by atomic mass is 32.2. The molecule has 1 aromatic carbocycles. The normalized spacial score (nSPS) is 14.7. The minimum absolute atomic E-state index is 0.248. The van der Waals surface area contributed by atoms with Crippen LogP contribution in [0.3, 0.4) is 0 Å². The van der Waals surface area contributed by atoms with Crippen molar-refractivity contribution in [3.63, 3.8) is 0 Å². The number of hydrogen-bond donors (Lipinski definition) is 2. The second-order valence-electron chi connectivity index (χ2n) is 3.85. The van der Waals surface area contributed by atoms with E-state index in [4.69, 9.17) is 5.11 Å². The molecule has 16 heavy (non-hydrogen) atoms. The van der Waals surface area contributed by atoms with Gasteiger partial charge in [-0.05, 0) is 12.1 Å². The van der Waals surface area contributed by atoms with Gasteiger partial charge < -0.3 is 10.4 Å². The minimum Gasteiger partial charge on any atom is -0.395 e. The molecule has 0 fully saturated rings. The van der Waals surface area contributed by atoms with Gasteiger partial charge in [-0.2, -0.15) is 11.8 Å². The van der Waals surface area contributed by atoms with E-state index in [9.17, 15) is 0 Å². The predicted octanol–water partition coefficient (Wildman–Crippen LogP) is 2.45. The van der Waals surface area contributed by atoms with Gasteiger partial charge in [0, 0.05) is 17.0 Å². The van der Waals surface area contributed by atoms with Gasteiger partial charge in [-0.1, -0.05) is 44.2 Å². The average Bonchev–Trinajstić information content (AvgIpc) is 2.35. The van der Waals surface area contributed by atoms with Crippen LogP contribution in [0.1, 0.15) is 25.5 Å². The lowest BCUT2D eigenvalue weighted by atomic mass is 10.1. The van der Waals surface area contributed by atoms with Crippen molar-refractivity contribution in [2.24, 2.45) is 0 Å². The first-order chi connectivity index (χ1) is 7.77. The van der Waals surface area contributed by atoms with Gasteiger partial charge >= 0.3 is 0 Å². The first-order valence-corrected chi connectivity index (χ1v) is 6.83. The molecule has 2 atom stereocenters. The number of benzene rings is 1. The number of nitrogens with one attached hydrogen (secondary N) is 1. The van der Waals surface area contributed by atoms with E-state index >= 15 is 0 Å². The summed E-state index contributed by atoms with van der Waals surface area (Å²) in [6, 6.07) is 10.9. The molecule has 2 nitrogen and oxygen atoms in total. The van der Waals surface area contributed by atoms with E-state index in [1.54, 1.807) is 11.8 Å². The third-order valence-electron chi connectivity index (χ3n) is 2.46. The molecule has 90 valence electrons. The maximum Gasteiger partial charge on any atom is 0.0547 e. The molecular weight excluding hydrogens is 218 g/mol. The lowest BCUT2D eigenvalue weighted by Gasteiger charge is -2.19. The van der Waals surface area contributed by atoms with Crippen molar-refractivity contribution in [3.8, 4) is 0 Å². The van der Waals surface area contributed by atoms with E-state index in [1.165, 1.54) is 5.56 Å².